The van der Waals surface area contributed by atoms with Gasteiger partial charge in [-0.1, -0.05) is 0 Å². The summed E-state index contributed by atoms with van der Waals surface area (Å²) in [6, 6.07) is 6.28. The molecule has 1 rings (SSSR count). The standard InChI is InChI=1S/C11H16N2O4S/c1-2-17-11(14)7-8-18(15,16)13-10-5-3-9(12)4-6-10/h3-6,13H,2,7-8,12H2,1H3. The first-order chi connectivity index (χ1) is 8.43. The van der Waals surface area contributed by atoms with Crippen LogP contribution in [0.1, 0.15) is 13.3 Å². The van der Waals surface area contributed by atoms with E-state index in [1.807, 2.05) is 0 Å². The van der Waals surface area contributed by atoms with Gasteiger partial charge < -0.3 is 10.5 Å². The number of carbonyl (C=O) groups excluding carboxylic acids is 1. The quantitative estimate of drug-likeness (QED) is 0.593. The van der Waals surface area contributed by atoms with Crippen LogP contribution in [0.25, 0.3) is 0 Å². The lowest BCUT2D eigenvalue weighted by Crippen LogP contribution is -2.19. The summed E-state index contributed by atoms with van der Waals surface area (Å²) in [5.41, 5.74) is 6.44. The van der Waals surface area contributed by atoms with Crippen LogP contribution in [0.2, 0.25) is 0 Å². The summed E-state index contributed by atoms with van der Waals surface area (Å²) in [4.78, 5) is 11.1. The van der Waals surface area contributed by atoms with E-state index in [0.717, 1.165) is 0 Å². The van der Waals surface area contributed by atoms with Gasteiger partial charge in [-0.15, -0.1) is 0 Å². The van der Waals surface area contributed by atoms with Gasteiger partial charge in [0, 0.05) is 11.4 Å². The van der Waals surface area contributed by atoms with Crippen molar-refractivity contribution in [3.8, 4) is 0 Å². The highest BCUT2D eigenvalue weighted by Crippen LogP contribution is 2.12. The zero-order valence-corrected chi connectivity index (χ0v) is 10.9. The van der Waals surface area contributed by atoms with Crippen LogP contribution in [0, 0.1) is 0 Å². The lowest BCUT2D eigenvalue weighted by atomic mass is 10.3. The number of benzene rings is 1. The molecule has 1 aromatic rings. The summed E-state index contributed by atoms with van der Waals surface area (Å²) in [6.45, 7) is 1.91. The van der Waals surface area contributed by atoms with Crippen molar-refractivity contribution >= 4 is 27.4 Å². The minimum absolute atomic E-state index is 0.169. The van der Waals surface area contributed by atoms with Gasteiger partial charge in [0.05, 0.1) is 18.8 Å². The summed E-state index contributed by atoms with van der Waals surface area (Å²) in [6.07, 6.45) is -0.169. The van der Waals surface area contributed by atoms with Gasteiger partial charge in [-0.3, -0.25) is 9.52 Å². The Kier molecular flexibility index (Phi) is 4.96. The van der Waals surface area contributed by atoms with Crippen molar-refractivity contribution in [3.63, 3.8) is 0 Å². The molecule has 0 bridgehead atoms. The molecule has 0 fully saturated rings. The molecule has 7 heteroatoms. The summed E-state index contributed by atoms with van der Waals surface area (Å²) in [7, 11) is -3.55. The van der Waals surface area contributed by atoms with E-state index in [1.54, 1.807) is 31.2 Å². The van der Waals surface area contributed by atoms with E-state index in [4.69, 9.17) is 5.73 Å². The Balaban J connectivity index is 2.54. The van der Waals surface area contributed by atoms with Crippen molar-refractivity contribution < 1.29 is 17.9 Å². The number of nitrogens with two attached hydrogens (primary N) is 1. The minimum atomic E-state index is -3.55. The number of nitrogen functional groups attached to an aromatic ring is 1. The number of sulfonamides is 1. The van der Waals surface area contributed by atoms with Crippen molar-refractivity contribution in [1.82, 2.24) is 0 Å². The van der Waals surface area contributed by atoms with E-state index in [2.05, 4.69) is 9.46 Å². The Bertz CT molecular complexity index is 496. The summed E-state index contributed by atoms with van der Waals surface area (Å²) >= 11 is 0. The van der Waals surface area contributed by atoms with Gasteiger partial charge in [0.25, 0.3) is 0 Å². The third-order valence-corrected chi connectivity index (χ3v) is 3.35. The van der Waals surface area contributed by atoms with Gasteiger partial charge in [0.1, 0.15) is 0 Å². The molecule has 0 aliphatic rings. The van der Waals surface area contributed by atoms with Crippen LogP contribution in [0.15, 0.2) is 24.3 Å². The molecule has 0 spiro atoms. The number of hydrogen-bond donors (Lipinski definition) is 2. The first-order valence-corrected chi connectivity index (χ1v) is 7.10. The van der Waals surface area contributed by atoms with Crippen LogP contribution in [0.4, 0.5) is 11.4 Å². The molecule has 0 unspecified atom stereocenters. The second kappa shape index (κ2) is 6.25. The smallest absolute Gasteiger partial charge is 0.306 e. The van der Waals surface area contributed by atoms with Crippen molar-refractivity contribution in [1.29, 1.82) is 0 Å². The molecule has 18 heavy (non-hydrogen) atoms. The average Bonchev–Trinajstić information content (AvgIpc) is 2.30. The first-order valence-electron chi connectivity index (χ1n) is 5.44. The molecular weight excluding hydrogens is 256 g/mol. The molecule has 0 aliphatic heterocycles. The number of carbonyl (C=O) groups is 1. The maximum absolute atomic E-state index is 11.6. The van der Waals surface area contributed by atoms with E-state index in [1.165, 1.54) is 0 Å². The van der Waals surface area contributed by atoms with Gasteiger partial charge in [-0.25, -0.2) is 8.42 Å². The van der Waals surface area contributed by atoms with Crippen molar-refractivity contribution in [3.05, 3.63) is 24.3 Å². The molecule has 0 atom stereocenters. The summed E-state index contributed by atoms with van der Waals surface area (Å²) < 4.78 is 30.3. The molecular formula is C11H16N2O4S. The van der Waals surface area contributed by atoms with Crippen molar-refractivity contribution in [2.24, 2.45) is 0 Å². The number of rotatable bonds is 6. The highest BCUT2D eigenvalue weighted by molar-refractivity contribution is 7.92. The Hall–Kier alpha value is -1.76. The van der Waals surface area contributed by atoms with Gasteiger partial charge >= 0.3 is 5.97 Å². The Morgan fingerprint density at radius 1 is 1.33 bits per heavy atom. The molecule has 0 radical (unpaired) electrons. The number of hydrogen-bond acceptors (Lipinski definition) is 5. The number of ether oxygens (including phenoxy) is 1. The zero-order chi connectivity index (χ0) is 13.6. The van der Waals surface area contributed by atoms with Crippen molar-refractivity contribution in [2.45, 2.75) is 13.3 Å². The van der Waals surface area contributed by atoms with Gasteiger partial charge in [-0.05, 0) is 31.2 Å². The predicted octanol–water partition coefficient (Wildman–Crippen LogP) is 0.964. The predicted molar refractivity (Wildman–Crippen MR) is 69.5 cm³/mol. The van der Waals surface area contributed by atoms with Gasteiger partial charge in [0.15, 0.2) is 0 Å². The molecule has 6 nitrogen and oxygen atoms in total. The molecule has 0 aliphatic carbocycles. The van der Waals surface area contributed by atoms with E-state index in [0.29, 0.717) is 11.4 Å². The SMILES string of the molecule is CCOC(=O)CCS(=O)(=O)Nc1ccc(N)cc1. The largest absolute Gasteiger partial charge is 0.466 e. The van der Waals surface area contributed by atoms with Crippen LogP contribution in [0.3, 0.4) is 0 Å². The third kappa shape index (κ3) is 5.05. The fraction of sp³-hybridized carbons (Fsp3) is 0.364. The van der Waals surface area contributed by atoms with Crippen LogP contribution in [0.5, 0.6) is 0 Å². The topological polar surface area (TPSA) is 98.5 Å². The molecule has 0 saturated heterocycles. The Morgan fingerprint density at radius 2 is 1.94 bits per heavy atom. The van der Waals surface area contributed by atoms with E-state index in [-0.39, 0.29) is 18.8 Å². The third-order valence-electron chi connectivity index (χ3n) is 2.06. The average molecular weight is 272 g/mol. The second-order valence-corrected chi connectivity index (χ2v) is 5.44. The number of nitrogens with one attached hydrogen (secondary N) is 1. The van der Waals surface area contributed by atoms with E-state index < -0.39 is 16.0 Å². The fourth-order valence-electron chi connectivity index (χ4n) is 1.23. The minimum Gasteiger partial charge on any atom is -0.466 e. The molecule has 0 saturated carbocycles. The Morgan fingerprint density at radius 3 is 2.50 bits per heavy atom. The van der Waals surface area contributed by atoms with Gasteiger partial charge in [-0.2, -0.15) is 0 Å². The maximum atomic E-state index is 11.6. The van der Waals surface area contributed by atoms with Crippen LogP contribution >= 0.6 is 0 Å². The zero-order valence-electron chi connectivity index (χ0n) is 10.0. The number of esters is 1. The second-order valence-electron chi connectivity index (χ2n) is 3.60. The van der Waals surface area contributed by atoms with Gasteiger partial charge in [0.2, 0.25) is 10.0 Å². The molecule has 3 N–H and O–H groups in total. The lowest BCUT2D eigenvalue weighted by molar-refractivity contribution is -0.142. The normalized spacial score (nSPS) is 10.9. The van der Waals surface area contributed by atoms with E-state index in [9.17, 15) is 13.2 Å². The number of anilines is 2. The maximum Gasteiger partial charge on any atom is 0.306 e. The monoisotopic (exact) mass is 272 g/mol. The lowest BCUT2D eigenvalue weighted by Gasteiger charge is -2.07. The van der Waals surface area contributed by atoms with Crippen molar-refractivity contribution in [2.75, 3.05) is 22.8 Å². The molecule has 0 aromatic heterocycles. The summed E-state index contributed by atoms with van der Waals surface area (Å²) in [5, 5.41) is 0. The molecule has 1 aromatic carbocycles. The van der Waals surface area contributed by atoms with Crippen LogP contribution in [-0.4, -0.2) is 26.7 Å². The molecule has 0 heterocycles. The Labute approximate surface area is 106 Å². The highest BCUT2D eigenvalue weighted by Gasteiger charge is 2.13. The summed E-state index contributed by atoms with van der Waals surface area (Å²) in [5.74, 6) is -0.837. The fourth-order valence-corrected chi connectivity index (χ4v) is 2.27. The molecule has 100 valence electrons. The van der Waals surface area contributed by atoms with Crippen LogP contribution in [-0.2, 0) is 19.6 Å². The van der Waals surface area contributed by atoms with Crippen LogP contribution < -0.4 is 10.5 Å². The highest BCUT2D eigenvalue weighted by atomic mass is 32.2. The first kappa shape index (κ1) is 14.3. The molecule has 0 amide bonds. The van der Waals surface area contributed by atoms with E-state index >= 15 is 0 Å².